The lowest BCUT2D eigenvalue weighted by Crippen LogP contribution is -2.29. The van der Waals surface area contributed by atoms with Crippen LogP contribution < -0.4 is 4.74 Å². The first-order chi connectivity index (χ1) is 20.5. The fraction of sp³-hybridized carbons (Fsp3) is 0.324. The Bertz CT molecular complexity index is 1540. The molecule has 0 radical (unpaired) electrons. The molecule has 5 rings (SSSR count). The fourth-order valence-corrected chi connectivity index (χ4v) is 6.15. The fourth-order valence-electron chi connectivity index (χ4n) is 5.31. The molecule has 0 aliphatic carbocycles. The van der Waals surface area contributed by atoms with Gasteiger partial charge in [-0.25, -0.2) is 9.97 Å². The normalized spacial score (nSPS) is 11.5. The van der Waals surface area contributed by atoms with E-state index in [4.69, 9.17) is 9.72 Å². The van der Waals surface area contributed by atoms with E-state index in [9.17, 15) is 9.90 Å². The Morgan fingerprint density at radius 2 is 1.69 bits per heavy atom. The predicted molar refractivity (Wildman–Crippen MR) is 169 cm³/mol. The number of aromatic amines is 1. The van der Waals surface area contributed by atoms with Crippen LogP contribution in [0.4, 0.5) is 0 Å². The van der Waals surface area contributed by atoms with E-state index in [0.29, 0.717) is 25.6 Å². The van der Waals surface area contributed by atoms with Crippen molar-refractivity contribution in [2.75, 3.05) is 6.54 Å². The van der Waals surface area contributed by atoms with E-state index in [1.54, 1.807) is 0 Å². The summed E-state index contributed by atoms with van der Waals surface area (Å²) in [6, 6.07) is 24.6. The number of imidazole rings is 1. The lowest BCUT2D eigenvalue weighted by Gasteiger charge is -2.17. The Morgan fingerprint density at radius 1 is 0.952 bits per heavy atom. The van der Waals surface area contributed by atoms with Crippen LogP contribution in [0.15, 0.2) is 78.2 Å². The number of aliphatic carboxylic acids is 1. The smallest absolute Gasteiger partial charge is 0.317 e. The summed E-state index contributed by atoms with van der Waals surface area (Å²) >= 11 is 1.54. The summed E-state index contributed by atoms with van der Waals surface area (Å²) in [6.45, 7) is 5.73. The van der Waals surface area contributed by atoms with Gasteiger partial charge in [0.2, 0.25) is 0 Å². The molecular weight excluding hydrogens is 544 g/mol. The topological polar surface area (TPSA) is 91.3 Å². The highest BCUT2D eigenvalue weighted by Crippen LogP contribution is 2.28. The number of hydrogen-bond donors (Lipinski definition) is 2. The number of carboxylic acids is 1. The van der Waals surface area contributed by atoms with Gasteiger partial charge in [-0.2, -0.15) is 0 Å². The van der Waals surface area contributed by atoms with E-state index < -0.39 is 5.97 Å². The molecule has 42 heavy (non-hydrogen) atoms. The summed E-state index contributed by atoms with van der Waals surface area (Å²) in [6.07, 6.45) is 4.86. The second kappa shape index (κ2) is 14.2. The highest BCUT2D eigenvalue weighted by molar-refractivity contribution is 7.09. The molecule has 8 heteroatoms. The quantitative estimate of drug-likeness (QED) is 0.130. The number of rotatable bonds is 15. The number of nitrogens with zero attached hydrogens (tertiary/aromatic N) is 3. The maximum absolute atomic E-state index is 11.6. The number of thiazole rings is 1. The standard InChI is InChI=1S/C34H38N4O3S/c1-3-7-25(8-4-2)26-15-17-28(18-16-26)41-22-24-11-13-27(14-12-24)31-23-42-33(37-31)20-38(21-34(39)40)19-32-35-29-9-5-6-10-30(29)36-32/h5-6,9-18,23,25H,3-4,7-8,19-22H2,1-2H3,(H,35,36)(H,39,40). The zero-order valence-electron chi connectivity index (χ0n) is 24.3. The first kappa shape index (κ1) is 29.5. The Morgan fingerprint density at radius 3 is 2.38 bits per heavy atom. The average Bonchev–Trinajstić information content (AvgIpc) is 3.63. The van der Waals surface area contributed by atoms with E-state index in [1.165, 1.54) is 42.6 Å². The highest BCUT2D eigenvalue weighted by Gasteiger charge is 2.16. The van der Waals surface area contributed by atoms with Gasteiger partial charge in [0.05, 0.1) is 36.4 Å². The summed E-state index contributed by atoms with van der Waals surface area (Å²) in [5.41, 5.74) is 6.20. The van der Waals surface area contributed by atoms with Crippen LogP contribution in [0, 0.1) is 0 Å². The molecule has 2 aromatic heterocycles. The molecule has 218 valence electrons. The molecule has 7 nitrogen and oxygen atoms in total. The lowest BCUT2D eigenvalue weighted by molar-refractivity contribution is -0.138. The molecular formula is C34H38N4O3S. The monoisotopic (exact) mass is 582 g/mol. The molecule has 0 unspecified atom stereocenters. The van der Waals surface area contributed by atoms with Crippen molar-refractivity contribution < 1.29 is 14.6 Å². The molecule has 0 saturated heterocycles. The predicted octanol–water partition coefficient (Wildman–Crippen LogP) is 8.04. The van der Waals surface area contributed by atoms with Gasteiger partial charge >= 0.3 is 5.97 Å². The maximum atomic E-state index is 11.6. The summed E-state index contributed by atoms with van der Waals surface area (Å²) in [7, 11) is 0. The number of carbonyl (C=O) groups is 1. The zero-order chi connectivity index (χ0) is 29.3. The number of nitrogens with one attached hydrogen (secondary N) is 1. The molecule has 0 bridgehead atoms. The number of para-hydroxylation sites is 2. The van der Waals surface area contributed by atoms with Gasteiger partial charge in [0.15, 0.2) is 0 Å². The highest BCUT2D eigenvalue weighted by atomic mass is 32.1. The molecule has 5 aromatic rings. The van der Waals surface area contributed by atoms with E-state index in [-0.39, 0.29) is 6.54 Å². The minimum absolute atomic E-state index is 0.0958. The van der Waals surface area contributed by atoms with Gasteiger partial charge < -0.3 is 14.8 Å². The number of hydrogen-bond acceptors (Lipinski definition) is 6. The molecule has 2 N–H and O–H groups in total. The van der Waals surface area contributed by atoms with Crippen molar-refractivity contribution in [2.24, 2.45) is 0 Å². The third kappa shape index (κ3) is 7.84. The van der Waals surface area contributed by atoms with Crippen molar-refractivity contribution >= 4 is 28.3 Å². The number of fused-ring (bicyclic) bond motifs is 1. The van der Waals surface area contributed by atoms with E-state index in [0.717, 1.165) is 44.4 Å². The van der Waals surface area contributed by atoms with Crippen molar-refractivity contribution in [1.82, 2.24) is 19.9 Å². The SMILES string of the molecule is CCCC(CCC)c1ccc(OCc2ccc(-c3csc(CN(CC(=O)O)Cc4nc5ccccc5[nH]4)n3)cc2)cc1. The first-order valence-corrected chi connectivity index (χ1v) is 15.5. The Labute approximate surface area is 251 Å². The Hall–Kier alpha value is -4.01. The summed E-state index contributed by atoms with van der Waals surface area (Å²) in [5, 5.41) is 12.4. The molecule has 0 saturated carbocycles. The van der Waals surface area contributed by atoms with Crippen molar-refractivity contribution in [3.63, 3.8) is 0 Å². The molecule has 0 atom stereocenters. The van der Waals surface area contributed by atoms with Crippen molar-refractivity contribution in [1.29, 1.82) is 0 Å². The van der Waals surface area contributed by atoms with Gasteiger partial charge in [-0.05, 0) is 54.2 Å². The summed E-state index contributed by atoms with van der Waals surface area (Å²) < 4.78 is 6.07. The molecule has 0 aliphatic rings. The first-order valence-electron chi connectivity index (χ1n) is 14.6. The molecule has 0 aliphatic heterocycles. The van der Waals surface area contributed by atoms with Crippen LogP contribution in [0.1, 0.15) is 67.4 Å². The van der Waals surface area contributed by atoms with Crippen LogP contribution in [-0.2, 0) is 24.5 Å². The van der Waals surface area contributed by atoms with Gasteiger partial charge in [-0.3, -0.25) is 9.69 Å². The third-order valence-electron chi connectivity index (χ3n) is 7.36. The van der Waals surface area contributed by atoms with Gasteiger partial charge in [-0.1, -0.05) is 75.2 Å². The van der Waals surface area contributed by atoms with Crippen LogP contribution >= 0.6 is 11.3 Å². The number of aromatic nitrogens is 3. The lowest BCUT2D eigenvalue weighted by atomic mass is 9.90. The minimum Gasteiger partial charge on any atom is -0.489 e. The van der Waals surface area contributed by atoms with Crippen molar-refractivity contribution in [3.05, 3.63) is 100 Å². The van der Waals surface area contributed by atoms with Crippen LogP contribution in [0.2, 0.25) is 0 Å². The summed E-state index contributed by atoms with van der Waals surface area (Å²) in [5.74, 6) is 1.37. The second-order valence-corrected chi connectivity index (χ2v) is 11.6. The van der Waals surface area contributed by atoms with Crippen LogP contribution in [-0.4, -0.2) is 37.5 Å². The van der Waals surface area contributed by atoms with E-state index in [1.807, 2.05) is 34.5 Å². The molecule has 0 fully saturated rings. The van der Waals surface area contributed by atoms with E-state index >= 15 is 0 Å². The average molecular weight is 583 g/mol. The number of H-pyrrole nitrogens is 1. The summed E-state index contributed by atoms with van der Waals surface area (Å²) in [4.78, 5) is 26.1. The Balaban J connectivity index is 1.18. The van der Waals surface area contributed by atoms with E-state index in [2.05, 4.69) is 72.3 Å². The molecule has 0 spiro atoms. The van der Waals surface area contributed by atoms with Crippen LogP contribution in [0.25, 0.3) is 22.3 Å². The van der Waals surface area contributed by atoms with Crippen molar-refractivity contribution in [3.8, 4) is 17.0 Å². The zero-order valence-corrected chi connectivity index (χ0v) is 25.1. The number of carboxylic acid groups (broad SMARTS) is 1. The molecule has 0 amide bonds. The third-order valence-corrected chi connectivity index (χ3v) is 8.20. The van der Waals surface area contributed by atoms with Crippen LogP contribution in [0.5, 0.6) is 5.75 Å². The minimum atomic E-state index is -0.881. The molecule has 3 aromatic carbocycles. The van der Waals surface area contributed by atoms with Crippen LogP contribution in [0.3, 0.4) is 0 Å². The maximum Gasteiger partial charge on any atom is 0.317 e. The largest absolute Gasteiger partial charge is 0.489 e. The van der Waals surface area contributed by atoms with Crippen molar-refractivity contribution in [2.45, 2.75) is 65.1 Å². The second-order valence-electron chi connectivity index (χ2n) is 10.7. The van der Waals surface area contributed by atoms with Gasteiger partial charge in [0, 0.05) is 10.9 Å². The molecule has 2 heterocycles. The van der Waals surface area contributed by atoms with Gasteiger partial charge in [-0.15, -0.1) is 11.3 Å². The Kier molecular flexibility index (Phi) is 10.0. The number of benzene rings is 3. The number of ether oxygens (including phenoxy) is 1. The van der Waals surface area contributed by atoms with Gasteiger partial charge in [0.1, 0.15) is 23.2 Å². The van der Waals surface area contributed by atoms with Gasteiger partial charge in [0.25, 0.3) is 0 Å².